The SMILES string of the molecule is Clc1ccc2c(c1)C(c1ccccc1)=Nc1ccccc1N2. The van der Waals surface area contributed by atoms with Crippen LogP contribution in [0.1, 0.15) is 11.1 Å². The average molecular weight is 305 g/mol. The van der Waals surface area contributed by atoms with Crippen LogP contribution in [0, 0.1) is 0 Å². The van der Waals surface area contributed by atoms with Gasteiger partial charge in [0, 0.05) is 21.8 Å². The van der Waals surface area contributed by atoms with E-state index in [-0.39, 0.29) is 0 Å². The van der Waals surface area contributed by atoms with Gasteiger partial charge in [-0.15, -0.1) is 0 Å². The zero-order chi connectivity index (χ0) is 14.9. The highest BCUT2D eigenvalue weighted by Crippen LogP contribution is 2.36. The number of halogens is 1. The first-order valence-electron chi connectivity index (χ1n) is 7.11. The minimum Gasteiger partial charge on any atom is -0.353 e. The van der Waals surface area contributed by atoms with Crippen LogP contribution >= 0.6 is 11.6 Å². The lowest BCUT2D eigenvalue weighted by atomic mass is 10.0. The molecule has 4 rings (SSSR count). The summed E-state index contributed by atoms with van der Waals surface area (Å²) in [5.74, 6) is 0. The summed E-state index contributed by atoms with van der Waals surface area (Å²) < 4.78 is 0. The van der Waals surface area contributed by atoms with E-state index in [0.29, 0.717) is 5.02 Å². The molecule has 3 aromatic rings. The fourth-order valence-corrected chi connectivity index (χ4v) is 2.81. The third-order valence-electron chi connectivity index (χ3n) is 3.69. The Kier molecular flexibility index (Phi) is 3.17. The number of benzene rings is 3. The van der Waals surface area contributed by atoms with Gasteiger partial charge in [-0.2, -0.15) is 0 Å². The van der Waals surface area contributed by atoms with Crippen LogP contribution in [0.3, 0.4) is 0 Å². The average Bonchev–Trinajstić information content (AvgIpc) is 2.72. The zero-order valence-corrected chi connectivity index (χ0v) is 12.5. The van der Waals surface area contributed by atoms with Gasteiger partial charge in [-0.25, -0.2) is 4.99 Å². The maximum absolute atomic E-state index is 6.21. The van der Waals surface area contributed by atoms with Gasteiger partial charge in [0.05, 0.1) is 17.1 Å². The smallest absolute Gasteiger partial charge is 0.0872 e. The van der Waals surface area contributed by atoms with E-state index in [0.717, 1.165) is 33.9 Å². The minimum atomic E-state index is 0.704. The molecule has 0 saturated heterocycles. The molecular formula is C19H13ClN2. The Balaban J connectivity index is 2.01. The van der Waals surface area contributed by atoms with E-state index in [1.165, 1.54) is 0 Å². The third kappa shape index (κ3) is 2.28. The Hall–Kier alpha value is -2.58. The zero-order valence-electron chi connectivity index (χ0n) is 11.8. The number of para-hydroxylation sites is 2. The predicted molar refractivity (Wildman–Crippen MR) is 92.9 cm³/mol. The van der Waals surface area contributed by atoms with E-state index < -0.39 is 0 Å². The van der Waals surface area contributed by atoms with Crippen LogP contribution in [0.15, 0.2) is 77.8 Å². The Morgan fingerprint density at radius 2 is 1.55 bits per heavy atom. The van der Waals surface area contributed by atoms with Crippen LogP contribution in [-0.2, 0) is 0 Å². The van der Waals surface area contributed by atoms with Crippen molar-refractivity contribution < 1.29 is 0 Å². The second kappa shape index (κ2) is 5.32. The number of hydrogen-bond donors (Lipinski definition) is 1. The van der Waals surface area contributed by atoms with Gasteiger partial charge in [-0.1, -0.05) is 54.1 Å². The molecule has 1 aliphatic heterocycles. The number of aliphatic imine (C=N–C) groups is 1. The van der Waals surface area contributed by atoms with Gasteiger partial charge in [0.25, 0.3) is 0 Å². The Bertz CT molecular complexity index is 870. The molecule has 0 amide bonds. The molecule has 2 nitrogen and oxygen atoms in total. The van der Waals surface area contributed by atoms with Crippen molar-refractivity contribution in [1.82, 2.24) is 0 Å². The molecular weight excluding hydrogens is 292 g/mol. The predicted octanol–water partition coefficient (Wildman–Crippen LogP) is 5.57. The van der Waals surface area contributed by atoms with Crippen molar-refractivity contribution >= 4 is 34.4 Å². The summed E-state index contributed by atoms with van der Waals surface area (Å²) >= 11 is 6.21. The number of anilines is 2. The lowest BCUT2D eigenvalue weighted by Crippen LogP contribution is -2.04. The molecule has 0 spiro atoms. The molecule has 1 aliphatic rings. The Morgan fingerprint density at radius 1 is 0.773 bits per heavy atom. The van der Waals surface area contributed by atoms with E-state index in [1.807, 2.05) is 60.7 Å². The summed E-state index contributed by atoms with van der Waals surface area (Å²) in [6.45, 7) is 0. The van der Waals surface area contributed by atoms with E-state index in [2.05, 4.69) is 17.4 Å². The summed E-state index contributed by atoms with van der Waals surface area (Å²) in [4.78, 5) is 4.89. The normalized spacial score (nSPS) is 12.5. The van der Waals surface area contributed by atoms with Crippen molar-refractivity contribution in [2.75, 3.05) is 5.32 Å². The van der Waals surface area contributed by atoms with E-state index in [9.17, 15) is 0 Å². The molecule has 0 radical (unpaired) electrons. The number of hydrogen-bond acceptors (Lipinski definition) is 2. The second-order valence-electron chi connectivity index (χ2n) is 5.16. The topological polar surface area (TPSA) is 24.4 Å². The highest BCUT2D eigenvalue weighted by atomic mass is 35.5. The third-order valence-corrected chi connectivity index (χ3v) is 3.92. The molecule has 22 heavy (non-hydrogen) atoms. The van der Waals surface area contributed by atoms with Gasteiger partial charge in [0.15, 0.2) is 0 Å². The van der Waals surface area contributed by atoms with Crippen molar-refractivity contribution in [2.45, 2.75) is 0 Å². The summed E-state index contributed by atoms with van der Waals surface area (Å²) in [6.07, 6.45) is 0. The summed E-state index contributed by atoms with van der Waals surface area (Å²) in [5, 5.41) is 4.16. The number of nitrogens with zero attached hydrogens (tertiary/aromatic N) is 1. The molecule has 1 N–H and O–H groups in total. The van der Waals surface area contributed by atoms with E-state index in [4.69, 9.17) is 16.6 Å². The fraction of sp³-hybridized carbons (Fsp3) is 0. The molecule has 0 fully saturated rings. The molecule has 0 saturated carbocycles. The maximum atomic E-state index is 6.21. The van der Waals surface area contributed by atoms with Crippen LogP contribution in [0.25, 0.3) is 0 Å². The van der Waals surface area contributed by atoms with Crippen LogP contribution in [0.4, 0.5) is 17.1 Å². The fourth-order valence-electron chi connectivity index (χ4n) is 2.64. The van der Waals surface area contributed by atoms with Crippen molar-refractivity contribution in [3.8, 4) is 0 Å². The standard InChI is InChI=1S/C19H13ClN2/c20-14-10-11-16-15(12-14)19(13-6-2-1-3-7-13)22-18-9-5-4-8-17(18)21-16/h1-12,21H. The largest absolute Gasteiger partial charge is 0.353 e. The minimum absolute atomic E-state index is 0.704. The first kappa shape index (κ1) is 13.1. The van der Waals surface area contributed by atoms with Crippen LogP contribution in [-0.4, -0.2) is 5.71 Å². The maximum Gasteiger partial charge on any atom is 0.0872 e. The van der Waals surface area contributed by atoms with Crippen molar-refractivity contribution in [1.29, 1.82) is 0 Å². The van der Waals surface area contributed by atoms with Crippen molar-refractivity contribution in [3.63, 3.8) is 0 Å². The molecule has 106 valence electrons. The molecule has 0 bridgehead atoms. The molecule has 3 aromatic carbocycles. The van der Waals surface area contributed by atoms with Gasteiger partial charge in [-0.3, -0.25) is 0 Å². The first-order chi connectivity index (χ1) is 10.8. The number of nitrogens with one attached hydrogen (secondary N) is 1. The molecule has 0 unspecified atom stereocenters. The second-order valence-corrected chi connectivity index (χ2v) is 5.59. The molecule has 0 aromatic heterocycles. The first-order valence-corrected chi connectivity index (χ1v) is 7.49. The number of rotatable bonds is 1. The van der Waals surface area contributed by atoms with Gasteiger partial charge in [0.2, 0.25) is 0 Å². The monoisotopic (exact) mass is 304 g/mol. The van der Waals surface area contributed by atoms with Gasteiger partial charge >= 0.3 is 0 Å². The lowest BCUT2D eigenvalue weighted by Gasteiger charge is -2.11. The highest BCUT2D eigenvalue weighted by molar-refractivity contribution is 6.31. The molecule has 3 heteroatoms. The summed E-state index contributed by atoms with van der Waals surface area (Å²) in [5.41, 5.74) is 5.94. The summed E-state index contributed by atoms with van der Waals surface area (Å²) in [7, 11) is 0. The van der Waals surface area contributed by atoms with Gasteiger partial charge in [-0.05, 0) is 30.3 Å². The van der Waals surface area contributed by atoms with Crippen LogP contribution < -0.4 is 5.32 Å². The molecule has 0 aliphatic carbocycles. The van der Waals surface area contributed by atoms with Crippen molar-refractivity contribution in [3.05, 3.63) is 88.9 Å². The van der Waals surface area contributed by atoms with E-state index >= 15 is 0 Å². The Morgan fingerprint density at radius 3 is 2.41 bits per heavy atom. The van der Waals surface area contributed by atoms with E-state index in [1.54, 1.807) is 0 Å². The molecule has 0 atom stereocenters. The van der Waals surface area contributed by atoms with Gasteiger partial charge < -0.3 is 5.32 Å². The van der Waals surface area contributed by atoms with Crippen molar-refractivity contribution in [2.24, 2.45) is 4.99 Å². The Labute approximate surface area is 134 Å². The van der Waals surface area contributed by atoms with Crippen LogP contribution in [0.2, 0.25) is 5.02 Å². The highest BCUT2D eigenvalue weighted by Gasteiger charge is 2.17. The quantitative estimate of drug-likeness (QED) is 0.488. The summed E-state index contributed by atoms with van der Waals surface area (Å²) in [6, 6.07) is 24.1. The van der Waals surface area contributed by atoms with Gasteiger partial charge in [0.1, 0.15) is 0 Å². The molecule has 1 heterocycles. The van der Waals surface area contributed by atoms with Crippen LogP contribution in [0.5, 0.6) is 0 Å². The number of fused-ring (bicyclic) bond motifs is 2. The lowest BCUT2D eigenvalue weighted by molar-refractivity contribution is 1.50.